The molecule has 1 unspecified atom stereocenters. The summed E-state index contributed by atoms with van der Waals surface area (Å²) in [6, 6.07) is 7.71. The maximum atomic E-state index is 13.5. The summed E-state index contributed by atoms with van der Waals surface area (Å²) >= 11 is 0. The van der Waals surface area contributed by atoms with Gasteiger partial charge in [0.2, 0.25) is 5.75 Å². The number of hydrogen-bond donors (Lipinski definition) is 1. The average molecular weight is 542 g/mol. The number of benzene rings is 2. The molecule has 39 heavy (non-hydrogen) atoms. The van der Waals surface area contributed by atoms with E-state index in [1.54, 1.807) is 37.4 Å². The molecule has 1 saturated heterocycles. The zero-order valence-corrected chi connectivity index (χ0v) is 24.0. The summed E-state index contributed by atoms with van der Waals surface area (Å²) in [6.45, 7) is 8.55. The lowest BCUT2D eigenvalue weighted by Crippen LogP contribution is -2.31. The van der Waals surface area contributed by atoms with Gasteiger partial charge in [-0.3, -0.25) is 9.59 Å². The second-order valence-electron chi connectivity index (χ2n) is 9.84. The molecule has 1 N–H and O–H groups in total. The Bertz CT molecular complexity index is 1210. The van der Waals surface area contributed by atoms with Crippen molar-refractivity contribution >= 4 is 17.4 Å². The number of aliphatic hydroxyl groups is 1. The molecule has 1 fully saturated rings. The summed E-state index contributed by atoms with van der Waals surface area (Å²) in [5, 5.41) is 11.6. The molecule has 1 atom stereocenters. The van der Waals surface area contributed by atoms with Crippen molar-refractivity contribution in [2.45, 2.75) is 52.2 Å². The molecule has 0 saturated carbocycles. The Balaban J connectivity index is 2.22. The van der Waals surface area contributed by atoms with Crippen LogP contribution in [-0.2, 0) is 14.3 Å². The molecule has 1 heterocycles. The van der Waals surface area contributed by atoms with Gasteiger partial charge in [-0.15, -0.1) is 0 Å². The molecule has 1 amide bonds. The van der Waals surface area contributed by atoms with E-state index in [0.717, 1.165) is 5.56 Å². The highest BCUT2D eigenvalue weighted by Gasteiger charge is 2.46. The van der Waals surface area contributed by atoms with Gasteiger partial charge < -0.3 is 33.7 Å². The predicted molar refractivity (Wildman–Crippen MR) is 148 cm³/mol. The van der Waals surface area contributed by atoms with Crippen LogP contribution >= 0.6 is 0 Å². The van der Waals surface area contributed by atoms with Gasteiger partial charge in [0.1, 0.15) is 11.5 Å². The summed E-state index contributed by atoms with van der Waals surface area (Å²) in [6.07, 6.45) is 0.545. The van der Waals surface area contributed by atoms with Gasteiger partial charge >= 0.3 is 0 Å². The van der Waals surface area contributed by atoms with Crippen LogP contribution in [0.15, 0.2) is 35.9 Å². The average Bonchev–Trinajstić information content (AvgIpc) is 3.18. The minimum atomic E-state index is -0.887. The molecule has 2 aromatic carbocycles. The second kappa shape index (κ2) is 12.9. The van der Waals surface area contributed by atoms with E-state index in [-0.39, 0.29) is 29.9 Å². The van der Waals surface area contributed by atoms with E-state index in [1.165, 1.54) is 26.2 Å². The molecule has 9 nitrogen and oxygen atoms in total. The van der Waals surface area contributed by atoms with E-state index in [1.807, 2.05) is 27.7 Å². The fourth-order valence-electron chi connectivity index (χ4n) is 4.76. The number of carbonyl (C=O) groups excluding carboxylic acids is 2. The lowest BCUT2D eigenvalue weighted by molar-refractivity contribution is -0.140. The number of Topliss-reactive ketones (excluding diaryl/α,β-unsaturated/α-hetero) is 1. The van der Waals surface area contributed by atoms with Crippen molar-refractivity contribution in [2.75, 3.05) is 41.6 Å². The van der Waals surface area contributed by atoms with E-state index >= 15 is 0 Å². The maximum absolute atomic E-state index is 13.5. The number of ketones is 1. The Hall–Kier alpha value is -3.72. The number of ether oxygens (including phenoxy) is 5. The standard InChI is InChI=1S/C30H39NO8/c1-17(2)21-14-19(10-11-22(21)35-5)27(32)25-26(20-15-23(36-6)29(38-8)24(16-20)37-7)31(30(34)28(25)33)12-9-13-39-18(3)4/h10-11,14-18,26,32H,9,12-13H2,1-8H3/b27-25+. The van der Waals surface area contributed by atoms with Crippen molar-refractivity contribution in [3.05, 3.63) is 52.6 Å². The fraction of sp³-hybridized carbons (Fsp3) is 0.467. The summed E-state index contributed by atoms with van der Waals surface area (Å²) in [5.41, 5.74) is 1.80. The first-order chi connectivity index (χ1) is 18.6. The lowest BCUT2D eigenvalue weighted by atomic mass is 9.92. The summed E-state index contributed by atoms with van der Waals surface area (Å²) in [7, 11) is 6.06. The van der Waals surface area contributed by atoms with Crippen molar-refractivity contribution < 1.29 is 38.4 Å². The molecule has 1 aliphatic heterocycles. The van der Waals surface area contributed by atoms with Crippen molar-refractivity contribution in [1.82, 2.24) is 4.90 Å². The molecule has 3 rings (SSSR count). The minimum Gasteiger partial charge on any atom is -0.507 e. The van der Waals surface area contributed by atoms with E-state index < -0.39 is 17.7 Å². The first kappa shape index (κ1) is 29.8. The molecular weight excluding hydrogens is 502 g/mol. The third-order valence-corrected chi connectivity index (χ3v) is 6.66. The lowest BCUT2D eigenvalue weighted by Gasteiger charge is -2.27. The van der Waals surface area contributed by atoms with Gasteiger partial charge in [-0.25, -0.2) is 0 Å². The van der Waals surface area contributed by atoms with E-state index in [2.05, 4.69) is 0 Å². The van der Waals surface area contributed by atoms with Crippen LogP contribution < -0.4 is 18.9 Å². The first-order valence-corrected chi connectivity index (χ1v) is 13.0. The highest BCUT2D eigenvalue weighted by atomic mass is 16.5. The largest absolute Gasteiger partial charge is 0.507 e. The first-order valence-electron chi connectivity index (χ1n) is 13.0. The summed E-state index contributed by atoms with van der Waals surface area (Å²) in [4.78, 5) is 28.3. The molecule has 9 heteroatoms. The highest BCUT2D eigenvalue weighted by molar-refractivity contribution is 6.46. The van der Waals surface area contributed by atoms with Crippen LogP contribution in [0.2, 0.25) is 0 Å². The third kappa shape index (κ3) is 6.14. The van der Waals surface area contributed by atoms with Gasteiger partial charge in [0.25, 0.3) is 11.7 Å². The Morgan fingerprint density at radius 2 is 1.51 bits per heavy atom. The molecule has 0 aliphatic carbocycles. The van der Waals surface area contributed by atoms with Crippen molar-refractivity contribution in [1.29, 1.82) is 0 Å². The number of nitrogens with zero attached hydrogens (tertiary/aromatic N) is 1. The van der Waals surface area contributed by atoms with Gasteiger partial charge in [0, 0.05) is 18.7 Å². The van der Waals surface area contributed by atoms with Gasteiger partial charge in [-0.1, -0.05) is 13.8 Å². The number of aliphatic hydroxyl groups excluding tert-OH is 1. The summed E-state index contributed by atoms with van der Waals surface area (Å²) in [5.74, 6) is 0.158. The zero-order chi connectivity index (χ0) is 28.9. The third-order valence-electron chi connectivity index (χ3n) is 6.66. The van der Waals surface area contributed by atoms with E-state index in [0.29, 0.717) is 47.2 Å². The van der Waals surface area contributed by atoms with Crippen LogP contribution in [0.5, 0.6) is 23.0 Å². The second-order valence-corrected chi connectivity index (χ2v) is 9.84. The number of likely N-dealkylation sites (tertiary alicyclic amines) is 1. The predicted octanol–water partition coefficient (Wildman–Crippen LogP) is 5.08. The molecule has 212 valence electrons. The topological polar surface area (TPSA) is 104 Å². The SMILES string of the molecule is COc1ccc(/C(O)=C2\C(=O)C(=O)N(CCCOC(C)C)C2c2cc(OC)c(OC)c(OC)c2)cc1C(C)C. The van der Waals surface area contributed by atoms with Crippen LogP contribution in [0.25, 0.3) is 5.76 Å². The summed E-state index contributed by atoms with van der Waals surface area (Å²) < 4.78 is 27.7. The quantitative estimate of drug-likeness (QED) is 0.172. The van der Waals surface area contributed by atoms with Crippen molar-refractivity contribution in [2.24, 2.45) is 0 Å². The zero-order valence-electron chi connectivity index (χ0n) is 24.0. The number of amides is 1. The minimum absolute atomic E-state index is 0.0149. The van der Waals surface area contributed by atoms with Gasteiger partial charge in [0.15, 0.2) is 11.5 Å². The molecule has 0 spiro atoms. The van der Waals surface area contributed by atoms with Gasteiger partial charge in [-0.05, 0) is 67.6 Å². The normalized spacial score (nSPS) is 16.8. The van der Waals surface area contributed by atoms with Crippen LogP contribution in [-0.4, -0.2) is 69.4 Å². The number of methoxy groups -OCH3 is 4. The van der Waals surface area contributed by atoms with Gasteiger partial charge in [-0.2, -0.15) is 0 Å². The maximum Gasteiger partial charge on any atom is 0.295 e. The van der Waals surface area contributed by atoms with Gasteiger partial charge in [0.05, 0.1) is 46.2 Å². The Morgan fingerprint density at radius 3 is 2.03 bits per heavy atom. The number of carbonyl (C=O) groups is 2. The number of hydrogen-bond acceptors (Lipinski definition) is 8. The van der Waals surface area contributed by atoms with Crippen LogP contribution in [0.4, 0.5) is 0 Å². The highest BCUT2D eigenvalue weighted by Crippen LogP contribution is 2.46. The molecule has 0 radical (unpaired) electrons. The Morgan fingerprint density at radius 1 is 0.897 bits per heavy atom. The molecule has 0 bridgehead atoms. The molecule has 0 aromatic heterocycles. The van der Waals surface area contributed by atoms with Crippen LogP contribution in [0.3, 0.4) is 0 Å². The Kier molecular flexibility index (Phi) is 9.86. The molecule has 2 aromatic rings. The van der Waals surface area contributed by atoms with E-state index in [4.69, 9.17) is 23.7 Å². The smallest absolute Gasteiger partial charge is 0.295 e. The van der Waals surface area contributed by atoms with E-state index in [9.17, 15) is 14.7 Å². The van der Waals surface area contributed by atoms with Crippen LogP contribution in [0.1, 0.15) is 62.8 Å². The van der Waals surface area contributed by atoms with Crippen LogP contribution in [0, 0.1) is 0 Å². The fourth-order valence-corrected chi connectivity index (χ4v) is 4.76. The number of rotatable bonds is 12. The Labute approximate surface area is 230 Å². The molecule has 1 aliphatic rings. The molecular formula is C30H39NO8. The van der Waals surface area contributed by atoms with Crippen molar-refractivity contribution in [3.63, 3.8) is 0 Å². The van der Waals surface area contributed by atoms with Crippen molar-refractivity contribution in [3.8, 4) is 23.0 Å². The monoisotopic (exact) mass is 541 g/mol.